The lowest BCUT2D eigenvalue weighted by Gasteiger charge is -2.14. The Morgan fingerprint density at radius 1 is 1.03 bits per heavy atom. The number of rotatable bonds is 6. The number of anilines is 1. The summed E-state index contributed by atoms with van der Waals surface area (Å²) in [5.74, 6) is 2.81. The predicted molar refractivity (Wildman–Crippen MR) is 126 cm³/mol. The van der Waals surface area contributed by atoms with Gasteiger partial charge in [0.15, 0.2) is 17.3 Å². The standard InChI is InChI=1S/C25H22ClN3O3/c1-2-11-30-20-6-4-3-5-16(20)25-28-18-9-8-17(26)24(27)23(18)19(29-25)12-15-7-10-21-22(13-15)32-14-31-21/h3-10,13H,2,11-12,14,27H2,1H3. The lowest BCUT2D eigenvalue weighted by Crippen LogP contribution is -2.04. The van der Waals surface area contributed by atoms with E-state index < -0.39 is 0 Å². The molecule has 0 atom stereocenters. The second kappa shape index (κ2) is 8.55. The number of para-hydroxylation sites is 1. The third-order valence-corrected chi connectivity index (χ3v) is 5.65. The Balaban J connectivity index is 1.65. The van der Waals surface area contributed by atoms with Crippen molar-refractivity contribution in [3.63, 3.8) is 0 Å². The summed E-state index contributed by atoms with van der Waals surface area (Å²) in [6.07, 6.45) is 1.45. The number of ether oxygens (including phenoxy) is 3. The monoisotopic (exact) mass is 447 g/mol. The molecule has 1 aromatic heterocycles. The van der Waals surface area contributed by atoms with E-state index in [9.17, 15) is 0 Å². The number of aromatic nitrogens is 2. The zero-order chi connectivity index (χ0) is 22.1. The van der Waals surface area contributed by atoms with Crippen molar-refractivity contribution in [2.75, 3.05) is 19.1 Å². The van der Waals surface area contributed by atoms with Crippen LogP contribution in [0.4, 0.5) is 5.69 Å². The molecule has 0 saturated heterocycles. The van der Waals surface area contributed by atoms with Crippen LogP contribution in [0.5, 0.6) is 17.2 Å². The quantitative estimate of drug-likeness (QED) is 0.385. The topological polar surface area (TPSA) is 79.5 Å². The first-order chi connectivity index (χ1) is 15.6. The lowest BCUT2D eigenvalue weighted by atomic mass is 10.0. The molecule has 1 aliphatic rings. The van der Waals surface area contributed by atoms with E-state index in [0.29, 0.717) is 29.6 Å². The molecule has 2 heterocycles. The van der Waals surface area contributed by atoms with Crippen molar-refractivity contribution < 1.29 is 14.2 Å². The van der Waals surface area contributed by atoms with E-state index in [1.165, 1.54) is 0 Å². The minimum Gasteiger partial charge on any atom is -0.493 e. The van der Waals surface area contributed by atoms with Crippen LogP contribution in [-0.2, 0) is 6.42 Å². The molecular weight excluding hydrogens is 426 g/mol. The van der Waals surface area contributed by atoms with Crippen LogP contribution in [0.2, 0.25) is 5.02 Å². The molecule has 0 saturated carbocycles. The van der Waals surface area contributed by atoms with Gasteiger partial charge in [-0.05, 0) is 48.4 Å². The van der Waals surface area contributed by atoms with Crippen LogP contribution in [0.15, 0.2) is 54.6 Å². The van der Waals surface area contributed by atoms with Gasteiger partial charge in [-0.25, -0.2) is 9.97 Å². The van der Waals surface area contributed by atoms with Crippen molar-refractivity contribution in [2.24, 2.45) is 0 Å². The first-order valence-electron chi connectivity index (χ1n) is 10.5. The number of benzene rings is 3. The van der Waals surface area contributed by atoms with Crippen molar-refractivity contribution in [3.8, 4) is 28.6 Å². The van der Waals surface area contributed by atoms with Gasteiger partial charge in [-0.1, -0.05) is 36.7 Å². The summed E-state index contributed by atoms with van der Waals surface area (Å²) in [4.78, 5) is 9.73. The average molecular weight is 448 g/mol. The summed E-state index contributed by atoms with van der Waals surface area (Å²) in [6.45, 7) is 2.93. The van der Waals surface area contributed by atoms with Gasteiger partial charge in [0.25, 0.3) is 0 Å². The van der Waals surface area contributed by atoms with E-state index in [-0.39, 0.29) is 6.79 Å². The molecule has 0 unspecified atom stereocenters. The van der Waals surface area contributed by atoms with E-state index in [1.54, 1.807) is 6.07 Å². The maximum absolute atomic E-state index is 6.37. The van der Waals surface area contributed by atoms with Gasteiger partial charge in [-0.2, -0.15) is 0 Å². The first-order valence-corrected chi connectivity index (χ1v) is 10.9. The van der Waals surface area contributed by atoms with Gasteiger partial charge >= 0.3 is 0 Å². The second-order valence-electron chi connectivity index (χ2n) is 7.56. The normalized spacial score (nSPS) is 12.3. The van der Waals surface area contributed by atoms with Crippen LogP contribution in [0.3, 0.4) is 0 Å². The Morgan fingerprint density at radius 2 is 1.88 bits per heavy atom. The number of hydrogen-bond acceptors (Lipinski definition) is 6. The van der Waals surface area contributed by atoms with Crippen molar-refractivity contribution in [2.45, 2.75) is 19.8 Å². The predicted octanol–water partition coefficient (Wildman–Crippen LogP) is 5.64. The van der Waals surface area contributed by atoms with Crippen molar-refractivity contribution in [1.29, 1.82) is 0 Å². The number of nitrogens with two attached hydrogens (primary N) is 1. The van der Waals surface area contributed by atoms with E-state index in [1.807, 2.05) is 48.5 Å². The zero-order valence-corrected chi connectivity index (χ0v) is 18.4. The fraction of sp³-hybridized carbons (Fsp3) is 0.200. The summed E-state index contributed by atoms with van der Waals surface area (Å²) < 4.78 is 16.9. The minimum absolute atomic E-state index is 0.233. The van der Waals surface area contributed by atoms with Gasteiger partial charge < -0.3 is 19.9 Å². The van der Waals surface area contributed by atoms with Crippen LogP contribution >= 0.6 is 11.6 Å². The Bertz CT molecular complexity index is 1310. The lowest BCUT2D eigenvalue weighted by molar-refractivity contribution is 0.174. The highest BCUT2D eigenvalue weighted by Gasteiger charge is 2.18. The molecule has 4 aromatic rings. The average Bonchev–Trinajstić information content (AvgIpc) is 3.28. The van der Waals surface area contributed by atoms with Crippen LogP contribution in [0.25, 0.3) is 22.3 Å². The molecule has 6 nitrogen and oxygen atoms in total. The van der Waals surface area contributed by atoms with Crippen molar-refractivity contribution >= 4 is 28.2 Å². The summed E-state index contributed by atoms with van der Waals surface area (Å²) in [7, 11) is 0. The molecule has 3 aromatic carbocycles. The summed E-state index contributed by atoms with van der Waals surface area (Å²) >= 11 is 6.34. The summed E-state index contributed by atoms with van der Waals surface area (Å²) in [6, 6.07) is 17.3. The number of hydrogen-bond donors (Lipinski definition) is 1. The van der Waals surface area contributed by atoms with Gasteiger partial charge in [-0.15, -0.1) is 0 Å². The Kier molecular flexibility index (Phi) is 5.45. The molecule has 5 rings (SSSR count). The van der Waals surface area contributed by atoms with Crippen LogP contribution in [-0.4, -0.2) is 23.4 Å². The van der Waals surface area contributed by atoms with Gasteiger partial charge in [0.2, 0.25) is 6.79 Å². The highest BCUT2D eigenvalue weighted by molar-refractivity contribution is 6.34. The summed E-state index contributed by atoms with van der Waals surface area (Å²) in [5, 5.41) is 1.23. The number of fused-ring (bicyclic) bond motifs is 2. The van der Waals surface area contributed by atoms with E-state index in [2.05, 4.69) is 6.92 Å². The molecule has 7 heteroatoms. The van der Waals surface area contributed by atoms with Gasteiger partial charge in [-0.3, -0.25) is 0 Å². The molecule has 0 amide bonds. The zero-order valence-electron chi connectivity index (χ0n) is 17.6. The number of halogens is 1. The number of nitrogen functional groups attached to an aromatic ring is 1. The Labute approximate surface area is 190 Å². The highest BCUT2D eigenvalue weighted by Crippen LogP contribution is 2.36. The molecule has 32 heavy (non-hydrogen) atoms. The maximum atomic E-state index is 6.37. The molecule has 0 bridgehead atoms. The molecule has 162 valence electrons. The summed E-state index contributed by atoms with van der Waals surface area (Å²) in [5.41, 5.74) is 10.2. The fourth-order valence-electron chi connectivity index (χ4n) is 3.78. The van der Waals surface area contributed by atoms with Gasteiger partial charge in [0, 0.05) is 11.8 Å². The third kappa shape index (κ3) is 3.78. The highest BCUT2D eigenvalue weighted by atomic mass is 35.5. The van der Waals surface area contributed by atoms with E-state index in [4.69, 9.17) is 41.5 Å². The maximum Gasteiger partial charge on any atom is 0.231 e. The van der Waals surface area contributed by atoms with Crippen molar-refractivity contribution in [3.05, 3.63) is 70.9 Å². The third-order valence-electron chi connectivity index (χ3n) is 5.32. The largest absolute Gasteiger partial charge is 0.493 e. The van der Waals surface area contributed by atoms with Crippen molar-refractivity contribution in [1.82, 2.24) is 9.97 Å². The first kappa shape index (κ1) is 20.4. The number of nitrogens with zero attached hydrogens (tertiary/aromatic N) is 2. The van der Waals surface area contributed by atoms with Gasteiger partial charge in [0.1, 0.15) is 5.75 Å². The molecule has 0 fully saturated rings. The van der Waals surface area contributed by atoms with E-state index in [0.717, 1.165) is 51.4 Å². The molecular formula is C25H22ClN3O3. The van der Waals surface area contributed by atoms with Crippen LogP contribution < -0.4 is 19.9 Å². The second-order valence-corrected chi connectivity index (χ2v) is 7.97. The fourth-order valence-corrected chi connectivity index (χ4v) is 3.94. The van der Waals surface area contributed by atoms with E-state index >= 15 is 0 Å². The Hall–Kier alpha value is -3.51. The smallest absolute Gasteiger partial charge is 0.231 e. The molecule has 0 aliphatic carbocycles. The Morgan fingerprint density at radius 3 is 2.75 bits per heavy atom. The van der Waals surface area contributed by atoms with Crippen LogP contribution in [0, 0.1) is 0 Å². The van der Waals surface area contributed by atoms with Gasteiger partial charge in [0.05, 0.1) is 34.1 Å². The van der Waals surface area contributed by atoms with Crippen LogP contribution in [0.1, 0.15) is 24.6 Å². The molecule has 1 aliphatic heterocycles. The molecule has 2 N–H and O–H groups in total. The minimum atomic E-state index is 0.233. The molecule has 0 radical (unpaired) electrons. The molecule has 0 spiro atoms. The SMILES string of the molecule is CCCOc1ccccc1-c1nc(Cc2ccc3c(c2)OCO3)c2c(N)c(Cl)ccc2n1.